The number of hydrogen-bond donors (Lipinski definition) is 6. The molecule has 1 amide bonds. The highest BCUT2D eigenvalue weighted by molar-refractivity contribution is 5.80. The second-order valence-electron chi connectivity index (χ2n) is 24.6. The normalized spacial score (nSPS) is 18.8. The van der Waals surface area contributed by atoms with Crippen molar-refractivity contribution in [2.75, 3.05) is 13.2 Å². The number of esters is 1. The molecule has 1 aliphatic rings. The maximum atomic E-state index is 13.5. The van der Waals surface area contributed by atoms with Crippen molar-refractivity contribution in [2.45, 2.75) is 372 Å². The Hall–Kier alpha value is -2.90. The number of unbranched alkanes of at least 4 members (excludes halogenated alkanes) is 37. The highest BCUT2D eigenvalue weighted by Crippen LogP contribution is 2.26. The van der Waals surface area contributed by atoms with Crippen LogP contribution in [0.5, 0.6) is 0 Å². The van der Waals surface area contributed by atoms with Crippen molar-refractivity contribution in [3.8, 4) is 0 Å². The van der Waals surface area contributed by atoms with Gasteiger partial charge < -0.3 is 45.1 Å². The van der Waals surface area contributed by atoms with E-state index in [1.165, 1.54) is 180 Å². The number of aliphatic hydroxyl groups is 5. The molecule has 0 aromatic heterocycles. The van der Waals surface area contributed by atoms with Crippen molar-refractivity contribution in [2.24, 2.45) is 0 Å². The standard InChI is InChI=1S/C74H133NO10/c1-4-7-10-13-16-19-22-25-27-29-30-31-32-33-34-35-36-37-38-39-41-44-47-50-53-56-59-62-69(79)85-72-71(81)70(80)68(63-76)84-74(72)83-64-65(66(77)60-57-54-51-48-45-42-24-21-18-15-12-9-6-3)75-73(82)67(78)61-58-55-52-49-46-43-40-28-26-23-20-17-14-11-8-5-2/h7,10,16,19,25,27,30-31,33-34,57,60,65-68,70-72,74,76-78,80-81H,4-6,8-9,11-15,17-18,20-24,26,28-29,32,35-56,58-59,61-64H2,1-3H3,(H,75,82)/b10-7-,19-16-,27-25-,31-30-,34-33-,60-57+. The highest BCUT2D eigenvalue weighted by Gasteiger charge is 2.47. The topological polar surface area (TPSA) is 175 Å². The Morgan fingerprint density at radius 2 is 0.847 bits per heavy atom. The predicted molar refractivity (Wildman–Crippen MR) is 356 cm³/mol. The number of nitrogens with one attached hydrogen (secondary N) is 1. The quantitative estimate of drug-likeness (QED) is 0.0195. The molecule has 85 heavy (non-hydrogen) atoms. The summed E-state index contributed by atoms with van der Waals surface area (Å²) < 4.78 is 17.7. The van der Waals surface area contributed by atoms with E-state index < -0.39 is 67.4 Å². The Kier molecular flexibility index (Phi) is 57.8. The summed E-state index contributed by atoms with van der Waals surface area (Å²) in [6.45, 7) is 5.72. The zero-order valence-corrected chi connectivity index (χ0v) is 55.0. The Morgan fingerprint density at radius 1 is 0.471 bits per heavy atom. The first kappa shape index (κ1) is 80.1. The minimum Gasteiger partial charge on any atom is -0.454 e. The molecule has 1 aliphatic heterocycles. The lowest BCUT2D eigenvalue weighted by atomic mass is 9.99. The molecule has 1 heterocycles. The first-order valence-electron chi connectivity index (χ1n) is 35.7. The lowest BCUT2D eigenvalue weighted by Crippen LogP contribution is -2.61. The van der Waals surface area contributed by atoms with Crippen molar-refractivity contribution >= 4 is 11.9 Å². The fraction of sp³-hybridized carbons (Fsp3) is 0.811. The fourth-order valence-electron chi connectivity index (χ4n) is 11.0. The Balaban J connectivity index is 2.56. The van der Waals surface area contributed by atoms with Crippen molar-refractivity contribution in [1.29, 1.82) is 0 Å². The summed E-state index contributed by atoms with van der Waals surface area (Å²) in [5, 5.41) is 57.2. The van der Waals surface area contributed by atoms with Crippen molar-refractivity contribution in [1.82, 2.24) is 5.32 Å². The van der Waals surface area contributed by atoms with Crippen LogP contribution in [0, 0.1) is 0 Å². The van der Waals surface area contributed by atoms with Crippen LogP contribution in [0.1, 0.15) is 323 Å². The molecule has 0 saturated carbocycles. The van der Waals surface area contributed by atoms with Gasteiger partial charge in [-0.05, 0) is 70.6 Å². The van der Waals surface area contributed by atoms with E-state index >= 15 is 0 Å². The lowest BCUT2D eigenvalue weighted by molar-refractivity contribution is -0.305. The summed E-state index contributed by atoms with van der Waals surface area (Å²) >= 11 is 0. The molecule has 6 N–H and O–H groups in total. The third kappa shape index (κ3) is 48.7. The Morgan fingerprint density at radius 3 is 1.27 bits per heavy atom. The first-order valence-corrected chi connectivity index (χ1v) is 35.7. The van der Waals surface area contributed by atoms with Crippen LogP contribution in [-0.2, 0) is 23.8 Å². The SMILES string of the molecule is CC/C=C\C/C=C\C/C=C\C/C=C\C/C=C\CCCCCCCCCCCCCC(=O)OC1C(OCC(NC(=O)C(O)CCCCCCCCCCCCCCCCCC)C(O)/C=C/CCCCCCCCCCCCC)OC(CO)C(O)C1O. The maximum absolute atomic E-state index is 13.5. The van der Waals surface area contributed by atoms with E-state index in [0.29, 0.717) is 19.3 Å². The minimum absolute atomic E-state index is 0.119. The Bertz CT molecular complexity index is 1660. The number of allylic oxidation sites excluding steroid dienone is 11. The van der Waals surface area contributed by atoms with Gasteiger partial charge in [-0.2, -0.15) is 0 Å². The van der Waals surface area contributed by atoms with Gasteiger partial charge in [0, 0.05) is 6.42 Å². The van der Waals surface area contributed by atoms with Crippen molar-refractivity contribution in [3.05, 3.63) is 72.9 Å². The molecular formula is C74H133NO10. The number of carbonyl (C=O) groups excluding carboxylic acids is 2. The molecule has 0 aromatic carbocycles. The smallest absolute Gasteiger partial charge is 0.306 e. The highest BCUT2D eigenvalue weighted by atomic mass is 16.7. The van der Waals surface area contributed by atoms with Crippen LogP contribution in [0.25, 0.3) is 0 Å². The molecule has 8 unspecified atom stereocenters. The van der Waals surface area contributed by atoms with E-state index in [4.69, 9.17) is 14.2 Å². The van der Waals surface area contributed by atoms with E-state index in [9.17, 15) is 35.1 Å². The zero-order valence-electron chi connectivity index (χ0n) is 55.0. The van der Waals surface area contributed by atoms with Gasteiger partial charge in [-0.15, -0.1) is 0 Å². The largest absolute Gasteiger partial charge is 0.454 e. The Labute approximate surface area is 521 Å². The van der Waals surface area contributed by atoms with Gasteiger partial charge in [0.2, 0.25) is 5.91 Å². The molecule has 1 rings (SSSR count). The number of aliphatic hydroxyl groups excluding tert-OH is 5. The lowest BCUT2D eigenvalue weighted by Gasteiger charge is -2.41. The van der Waals surface area contributed by atoms with Crippen LogP contribution in [0.3, 0.4) is 0 Å². The van der Waals surface area contributed by atoms with Crippen LogP contribution in [0.4, 0.5) is 0 Å². The molecule has 11 heteroatoms. The minimum atomic E-state index is -1.62. The predicted octanol–water partition coefficient (Wildman–Crippen LogP) is 18.3. The second kappa shape index (κ2) is 61.3. The molecule has 494 valence electrons. The summed E-state index contributed by atoms with van der Waals surface area (Å²) in [6.07, 6.45) is 69.4. The number of ether oxygens (including phenoxy) is 3. The van der Waals surface area contributed by atoms with E-state index in [0.717, 1.165) is 96.3 Å². The molecule has 0 aliphatic carbocycles. The number of amides is 1. The van der Waals surface area contributed by atoms with Crippen LogP contribution >= 0.6 is 0 Å². The van der Waals surface area contributed by atoms with Crippen LogP contribution in [-0.4, -0.2) is 99.6 Å². The van der Waals surface area contributed by atoms with Gasteiger partial charge in [0.25, 0.3) is 0 Å². The molecule has 8 atom stereocenters. The monoisotopic (exact) mass is 1200 g/mol. The van der Waals surface area contributed by atoms with Gasteiger partial charge >= 0.3 is 5.97 Å². The molecule has 11 nitrogen and oxygen atoms in total. The third-order valence-electron chi connectivity index (χ3n) is 16.6. The van der Waals surface area contributed by atoms with Crippen LogP contribution in [0.2, 0.25) is 0 Å². The van der Waals surface area contributed by atoms with Crippen LogP contribution in [0.15, 0.2) is 72.9 Å². The molecule has 0 bridgehead atoms. The third-order valence-corrected chi connectivity index (χ3v) is 16.6. The number of carbonyl (C=O) groups is 2. The van der Waals surface area contributed by atoms with E-state index in [-0.39, 0.29) is 13.0 Å². The van der Waals surface area contributed by atoms with Gasteiger partial charge in [0.1, 0.15) is 24.4 Å². The zero-order chi connectivity index (χ0) is 61.7. The summed E-state index contributed by atoms with van der Waals surface area (Å²) in [5.41, 5.74) is 0. The van der Waals surface area contributed by atoms with Gasteiger partial charge in [-0.25, -0.2) is 0 Å². The van der Waals surface area contributed by atoms with Crippen molar-refractivity contribution < 1.29 is 49.3 Å². The fourth-order valence-corrected chi connectivity index (χ4v) is 11.0. The number of hydrogen-bond acceptors (Lipinski definition) is 10. The average molecular weight is 1200 g/mol. The summed E-state index contributed by atoms with van der Waals surface area (Å²) in [5.74, 6) is -1.19. The van der Waals surface area contributed by atoms with Gasteiger partial charge in [-0.1, -0.05) is 318 Å². The van der Waals surface area contributed by atoms with E-state index in [1.54, 1.807) is 6.08 Å². The van der Waals surface area contributed by atoms with Crippen molar-refractivity contribution in [3.63, 3.8) is 0 Å². The average Bonchev–Trinajstić information content (AvgIpc) is 2.50. The summed E-state index contributed by atoms with van der Waals surface area (Å²) in [4.78, 5) is 26.7. The maximum Gasteiger partial charge on any atom is 0.306 e. The van der Waals surface area contributed by atoms with Gasteiger partial charge in [-0.3, -0.25) is 9.59 Å². The van der Waals surface area contributed by atoms with Gasteiger partial charge in [0.05, 0.1) is 25.4 Å². The van der Waals surface area contributed by atoms with E-state index in [1.807, 2.05) is 6.08 Å². The first-order chi connectivity index (χ1) is 41.7. The second-order valence-corrected chi connectivity index (χ2v) is 24.6. The molecular weight excluding hydrogens is 1060 g/mol. The number of rotatable bonds is 61. The summed E-state index contributed by atoms with van der Waals surface area (Å²) in [6, 6.07) is -1.02. The molecule has 0 radical (unpaired) electrons. The molecule has 0 aromatic rings. The van der Waals surface area contributed by atoms with Gasteiger partial charge in [0.15, 0.2) is 12.4 Å². The molecule has 0 spiro atoms. The molecule has 1 fully saturated rings. The van der Waals surface area contributed by atoms with Crippen LogP contribution < -0.4 is 5.32 Å². The molecule has 1 saturated heterocycles. The summed E-state index contributed by atoms with van der Waals surface area (Å²) in [7, 11) is 0. The van der Waals surface area contributed by atoms with E-state index in [2.05, 4.69) is 86.8 Å².